The van der Waals surface area contributed by atoms with Crippen molar-refractivity contribution in [2.24, 2.45) is 5.73 Å². The van der Waals surface area contributed by atoms with Crippen molar-refractivity contribution in [2.45, 2.75) is 45.1 Å². The normalized spacial score (nSPS) is 13.8. The standard InChI is InChI=1S/C26H25N9O3/c1-13-6-7-17-16(11-30-34-17)21(13)15-10-19(31-23(22(15)27)24(28)36)18-8-9-29-26(32-18)37-12-20-33-25(38-35-20)14-4-2-3-5-14/h6-11,14H,2-5,12,27H2,1H3,(H2,28,36)(H,30,34). The van der Waals surface area contributed by atoms with Crippen molar-refractivity contribution in [3.8, 4) is 28.5 Å². The average Bonchev–Trinajstić information content (AvgIpc) is 3.70. The van der Waals surface area contributed by atoms with E-state index in [-0.39, 0.29) is 24.0 Å². The second kappa shape index (κ2) is 9.54. The lowest BCUT2D eigenvalue weighted by atomic mass is 9.94. The van der Waals surface area contributed by atoms with E-state index >= 15 is 0 Å². The molecule has 12 nitrogen and oxygen atoms in total. The highest BCUT2D eigenvalue weighted by Crippen LogP contribution is 2.38. The molecule has 1 saturated carbocycles. The molecule has 1 aliphatic carbocycles. The highest BCUT2D eigenvalue weighted by Gasteiger charge is 2.23. The van der Waals surface area contributed by atoms with Crippen LogP contribution in [0.15, 0.2) is 41.2 Å². The molecule has 0 atom stereocenters. The Morgan fingerprint density at radius 3 is 2.82 bits per heavy atom. The Morgan fingerprint density at radius 2 is 2.00 bits per heavy atom. The average molecular weight is 512 g/mol. The number of rotatable bonds is 7. The van der Waals surface area contributed by atoms with Crippen molar-refractivity contribution in [1.29, 1.82) is 0 Å². The van der Waals surface area contributed by atoms with Gasteiger partial charge in [0.25, 0.3) is 5.91 Å². The van der Waals surface area contributed by atoms with Crippen LogP contribution in [0.3, 0.4) is 0 Å². The first kappa shape index (κ1) is 23.5. The van der Waals surface area contributed by atoms with Crippen LogP contribution in [-0.4, -0.2) is 41.2 Å². The van der Waals surface area contributed by atoms with E-state index in [4.69, 9.17) is 20.7 Å². The summed E-state index contributed by atoms with van der Waals surface area (Å²) < 4.78 is 11.2. The monoisotopic (exact) mass is 511 g/mol. The zero-order valence-corrected chi connectivity index (χ0v) is 20.6. The van der Waals surface area contributed by atoms with Gasteiger partial charge in [0.05, 0.1) is 28.8 Å². The molecule has 5 N–H and O–H groups in total. The number of ether oxygens (including phenoxy) is 1. The highest BCUT2D eigenvalue weighted by molar-refractivity contribution is 6.05. The molecule has 4 aromatic heterocycles. The maximum atomic E-state index is 12.3. The molecular formula is C26H25N9O3. The van der Waals surface area contributed by atoms with Gasteiger partial charge in [-0.05, 0) is 49.1 Å². The number of nitrogens with two attached hydrogens (primary N) is 2. The van der Waals surface area contributed by atoms with E-state index in [1.165, 1.54) is 12.8 Å². The van der Waals surface area contributed by atoms with Gasteiger partial charge in [0, 0.05) is 23.1 Å². The number of nitrogens with one attached hydrogen (secondary N) is 1. The van der Waals surface area contributed by atoms with E-state index in [0.29, 0.717) is 34.6 Å². The van der Waals surface area contributed by atoms with Crippen molar-refractivity contribution >= 4 is 22.5 Å². The largest absolute Gasteiger partial charge is 0.455 e. The maximum Gasteiger partial charge on any atom is 0.317 e. The van der Waals surface area contributed by atoms with Crippen LogP contribution in [-0.2, 0) is 6.61 Å². The predicted octanol–water partition coefficient (Wildman–Crippen LogP) is 3.69. The predicted molar refractivity (Wildman–Crippen MR) is 138 cm³/mol. The zero-order valence-electron chi connectivity index (χ0n) is 20.6. The number of carbonyl (C=O) groups is 1. The second-order valence-electron chi connectivity index (χ2n) is 9.31. The summed E-state index contributed by atoms with van der Waals surface area (Å²) >= 11 is 0. The van der Waals surface area contributed by atoms with Gasteiger partial charge in [-0.3, -0.25) is 9.89 Å². The number of anilines is 1. The molecule has 0 unspecified atom stereocenters. The van der Waals surface area contributed by atoms with Crippen molar-refractivity contribution in [3.63, 3.8) is 0 Å². The summed E-state index contributed by atoms with van der Waals surface area (Å²) in [5, 5.41) is 12.0. The number of hydrogen-bond donors (Lipinski definition) is 3. The van der Waals surface area contributed by atoms with E-state index in [9.17, 15) is 4.79 Å². The quantitative estimate of drug-likeness (QED) is 0.291. The summed E-state index contributed by atoms with van der Waals surface area (Å²) in [4.78, 5) is 29.9. The summed E-state index contributed by atoms with van der Waals surface area (Å²) in [6, 6.07) is 7.42. The number of nitrogen functional groups attached to an aromatic ring is 1. The Hall–Kier alpha value is -4.87. The number of pyridine rings is 1. The molecule has 1 fully saturated rings. The number of nitrogens with zero attached hydrogens (tertiary/aromatic N) is 6. The molecule has 4 heterocycles. The molecule has 5 aromatic rings. The van der Waals surface area contributed by atoms with Crippen LogP contribution >= 0.6 is 0 Å². The highest BCUT2D eigenvalue weighted by atomic mass is 16.5. The van der Waals surface area contributed by atoms with Crippen molar-refractivity contribution in [1.82, 2.24) is 35.3 Å². The summed E-state index contributed by atoms with van der Waals surface area (Å²) in [6.07, 6.45) is 7.73. The molecule has 0 spiro atoms. The summed E-state index contributed by atoms with van der Waals surface area (Å²) in [6.45, 7) is 2.01. The number of amides is 1. The van der Waals surface area contributed by atoms with E-state index in [1.807, 2.05) is 19.1 Å². The summed E-state index contributed by atoms with van der Waals surface area (Å²) in [5.74, 6) is 0.644. The van der Waals surface area contributed by atoms with E-state index < -0.39 is 5.91 Å². The van der Waals surface area contributed by atoms with Crippen LogP contribution in [0, 0.1) is 6.92 Å². The van der Waals surface area contributed by atoms with Crippen LogP contribution in [0.1, 0.15) is 59.4 Å². The van der Waals surface area contributed by atoms with Crippen LogP contribution in [0.4, 0.5) is 5.69 Å². The minimum atomic E-state index is -0.747. The number of H-pyrrole nitrogens is 1. The number of hydrogen-bond acceptors (Lipinski definition) is 10. The van der Waals surface area contributed by atoms with Crippen LogP contribution < -0.4 is 16.2 Å². The molecule has 38 heavy (non-hydrogen) atoms. The third kappa shape index (κ3) is 4.29. The van der Waals surface area contributed by atoms with Gasteiger partial charge in [-0.2, -0.15) is 15.1 Å². The lowest BCUT2D eigenvalue weighted by Gasteiger charge is -2.14. The van der Waals surface area contributed by atoms with Gasteiger partial charge in [-0.25, -0.2) is 9.97 Å². The molecule has 0 radical (unpaired) electrons. The number of fused-ring (bicyclic) bond motifs is 1. The van der Waals surface area contributed by atoms with Crippen LogP contribution in [0.25, 0.3) is 33.4 Å². The lowest BCUT2D eigenvalue weighted by Crippen LogP contribution is -2.17. The Balaban J connectivity index is 1.33. The fourth-order valence-corrected chi connectivity index (χ4v) is 4.91. The molecular weight excluding hydrogens is 486 g/mol. The molecule has 6 rings (SSSR count). The number of primary amides is 1. The number of carbonyl (C=O) groups excluding carboxylic acids is 1. The van der Waals surface area contributed by atoms with E-state index in [1.54, 1.807) is 24.5 Å². The van der Waals surface area contributed by atoms with Gasteiger partial charge >= 0.3 is 6.01 Å². The minimum absolute atomic E-state index is 0.0499. The van der Waals surface area contributed by atoms with Gasteiger partial charge in [0.15, 0.2) is 12.3 Å². The van der Waals surface area contributed by atoms with Gasteiger partial charge in [0.2, 0.25) is 11.7 Å². The molecule has 1 aromatic carbocycles. The van der Waals surface area contributed by atoms with Gasteiger partial charge in [-0.1, -0.05) is 24.1 Å². The lowest BCUT2D eigenvalue weighted by molar-refractivity contribution is 0.0996. The molecule has 0 bridgehead atoms. The number of benzene rings is 1. The zero-order chi connectivity index (χ0) is 26.2. The third-order valence-corrected chi connectivity index (χ3v) is 6.81. The fourth-order valence-electron chi connectivity index (χ4n) is 4.91. The first-order valence-corrected chi connectivity index (χ1v) is 12.3. The number of aromatic nitrogens is 7. The molecule has 1 amide bonds. The van der Waals surface area contributed by atoms with Gasteiger partial charge in [-0.15, -0.1) is 0 Å². The first-order chi connectivity index (χ1) is 18.5. The van der Waals surface area contributed by atoms with Crippen molar-refractivity contribution < 1.29 is 14.1 Å². The van der Waals surface area contributed by atoms with E-state index in [0.717, 1.165) is 34.9 Å². The van der Waals surface area contributed by atoms with Crippen LogP contribution in [0.2, 0.25) is 0 Å². The Labute approximate surface area is 216 Å². The molecule has 0 saturated heterocycles. The number of aromatic amines is 1. The Morgan fingerprint density at radius 1 is 1.16 bits per heavy atom. The fraction of sp³-hybridized carbons (Fsp3) is 0.269. The van der Waals surface area contributed by atoms with Crippen LogP contribution in [0.5, 0.6) is 6.01 Å². The van der Waals surface area contributed by atoms with Gasteiger partial charge < -0.3 is 20.7 Å². The second-order valence-corrected chi connectivity index (χ2v) is 9.31. The maximum absolute atomic E-state index is 12.3. The summed E-state index contributed by atoms with van der Waals surface area (Å²) in [7, 11) is 0. The smallest absolute Gasteiger partial charge is 0.317 e. The molecule has 192 valence electrons. The first-order valence-electron chi connectivity index (χ1n) is 12.3. The third-order valence-electron chi connectivity index (χ3n) is 6.81. The van der Waals surface area contributed by atoms with E-state index in [2.05, 4.69) is 35.3 Å². The molecule has 0 aliphatic heterocycles. The topological polar surface area (TPSA) is 185 Å². The minimum Gasteiger partial charge on any atom is -0.455 e. The summed E-state index contributed by atoms with van der Waals surface area (Å²) in [5.41, 5.74) is 16.2. The van der Waals surface area contributed by atoms with Crippen molar-refractivity contribution in [3.05, 3.63) is 59.6 Å². The Bertz CT molecular complexity index is 1650. The molecule has 12 heteroatoms. The Kier molecular flexibility index (Phi) is 5.91. The van der Waals surface area contributed by atoms with Crippen molar-refractivity contribution in [2.75, 3.05) is 5.73 Å². The molecule has 1 aliphatic rings. The number of aryl methyl sites for hydroxylation is 1. The van der Waals surface area contributed by atoms with Gasteiger partial charge in [0.1, 0.15) is 0 Å². The SMILES string of the molecule is Cc1ccc2[nH]ncc2c1-c1cc(-c2ccnc(OCc3noc(C4CCCC4)n3)n2)nc(C(N)=O)c1N.